The number of nitrogens with zero attached hydrogens (tertiary/aromatic N) is 2. The van der Waals surface area contributed by atoms with Gasteiger partial charge in [-0.05, 0) is 79.8 Å². The van der Waals surface area contributed by atoms with Gasteiger partial charge >= 0.3 is 0 Å². The molecule has 12 aromatic rings. The molecule has 236 valence electrons. The molecule has 4 heterocycles. The molecule has 0 bridgehead atoms. The first-order chi connectivity index (χ1) is 25.2. The van der Waals surface area contributed by atoms with Crippen molar-refractivity contribution in [2.45, 2.75) is 0 Å². The van der Waals surface area contributed by atoms with Gasteiger partial charge < -0.3 is 4.42 Å². The van der Waals surface area contributed by atoms with Crippen LogP contribution in [0.3, 0.4) is 0 Å². The van der Waals surface area contributed by atoms with Crippen molar-refractivity contribution in [1.82, 2.24) is 9.38 Å². The zero-order valence-electron chi connectivity index (χ0n) is 27.2. The molecule has 0 aliphatic carbocycles. The van der Waals surface area contributed by atoms with Crippen LogP contribution in [0.1, 0.15) is 0 Å². The first kappa shape index (κ1) is 27.3. The van der Waals surface area contributed by atoms with E-state index in [1.807, 2.05) is 23.5 Å². The second-order valence-electron chi connectivity index (χ2n) is 13.6. The Labute approximate surface area is 295 Å². The lowest BCUT2D eigenvalue weighted by atomic mass is 9.99. The smallest absolute Gasteiger partial charge is 0.156 e. The Bertz CT molecular complexity index is 3420. The summed E-state index contributed by atoms with van der Waals surface area (Å²) in [6.45, 7) is 0. The molecule has 0 radical (unpaired) electrons. The lowest BCUT2D eigenvalue weighted by Gasteiger charge is -2.11. The van der Waals surface area contributed by atoms with E-state index in [9.17, 15) is 0 Å². The molecule has 51 heavy (non-hydrogen) atoms. The fraction of sp³-hybridized carbons (Fsp3) is 0. The first-order valence-electron chi connectivity index (χ1n) is 17.3. The summed E-state index contributed by atoms with van der Waals surface area (Å²) in [6.07, 6.45) is 0. The topological polar surface area (TPSA) is 30.4 Å². The van der Waals surface area contributed by atoms with E-state index in [4.69, 9.17) is 9.40 Å². The molecule has 0 atom stereocenters. The number of furan rings is 1. The van der Waals surface area contributed by atoms with Crippen LogP contribution in [0.15, 0.2) is 162 Å². The van der Waals surface area contributed by atoms with E-state index >= 15 is 0 Å². The maximum absolute atomic E-state index is 6.41. The average molecular weight is 667 g/mol. The molecule has 0 aliphatic rings. The molecule has 12 rings (SSSR count). The Morgan fingerprint density at radius 1 is 0.471 bits per heavy atom. The number of pyridine rings is 1. The lowest BCUT2D eigenvalue weighted by molar-refractivity contribution is 0.670. The van der Waals surface area contributed by atoms with Gasteiger partial charge in [0.25, 0.3) is 0 Å². The molecule has 0 amide bonds. The minimum atomic E-state index is 0.913. The largest absolute Gasteiger partial charge is 0.455 e. The molecule has 0 N–H and O–H groups in total. The fourth-order valence-corrected chi connectivity index (χ4v) is 9.57. The van der Waals surface area contributed by atoms with Crippen molar-refractivity contribution in [3.05, 3.63) is 158 Å². The summed E-state index contributed by atoms with van der Waals surface area (Å²) in [5.41, 5.74) is 9.44. The van der Waals surface area contributed by atoms with Crippen LogP contribution < -0.4 is 0 Å². The molecule has 0 aliphatic heterocycles. The Morgan fingerprint density at radius 2 is 1.18 bits per heavy atom. The molecule has 4 aromatic heterocycles. The molecule has 4 heteroatoms. The highest BCUT2D eigenvalue weighted by Gasteiger charge is 2.20. The maximum atomic E-state index is 6.41. The Morgan fingerprint density at radius 3 is 2.02 bits per heavy atom. The van der Waals surface area contributed by atoms with E-state index in [0.29, 0.717) is 0 Å². The molecular formula is C47H26N2OS. The molecule has 0 fully saturated rings. The van der Waals surface area contributed by atoms with Crippen molar-refractivity contribution >= 4 is 102 Å². The van der Waals surface area contributed by atoms with Gasteiger partial charge in [0.1, 0.15) is 11.2 Å². The summed E-state index contributed by atoms with van der Waals surface area (Å²) in [4.78, 5) is 5.42. The van der Waals surface area contributed by atoms with Crippen LogP contribution >= 0.6 is 11.3 Å². The first-order valence-corrected chi connectivity index (χ1v) is 18.1. The standard InChI is InChI=1S/C47H26N2OS/c1-2-10-31-23-33-25-42-40(24-32(33)22-30(31)9-1)48-47-46-39(38-21-20-27-8-3-4-11-35(27)45(38)51-46)26-41(49(42)47)29-18-16-28(17-19-29)34-13-7-14-37-36-12-5-6-15-43(36)50-44(34)37/h1-26H. The van der Waals surface area contributed by atoms with Crippen LogP contribution in [0.2, 0.25) is 0 Å². The Hall–Kier alpha value is -6.49. The monoisotopic (exact) mass is 666 g/mol. The summed E-state index contributed by atoms with van der Waals surface area (Å²) in [6, 6.07) is 57.1. The third-order valence-corrected chi connectivity index (χ3v) is 12.0. The number of imidazole rings is 1. The zero-order chi connectivity index (χ0) is 33.2. The van der Waals surface area contributed by atoms with E-state index < -0.39 is 0 Å². The number of aromatic nitrogens is 2. The van der Waals surface area contributed by atoms with Crippen LogP contribution in [0.5, 0.6) is 0 Å². The Balaban J connectivity index is 1.14. The van der Waals surface area contributed by atoms with Gasteiger partial charge in [0, 0.05) is 31.8 Å². The summed E-state index contributed by atoms with van der Waals surface area (Å²) < 4.78 is 11.3. The van der Waals surface area contributed by atoms with Gasteiger partial charge in [0.05, 0.1) is 21.4 Å². The number of hydrogen-bond donors (Lipinski definition) is 0. The molecule has 0 saturated heterocycles. The van der Waals surface area contributed by atoms with Crippen LogP contribution in [0.4, 0.5) is 0 Å². The average Bonchev–Trinajstić information content (AvgIpc) is 3.87. The van der Waals surface area contributed by atoms with Crippen molar-refractivity contribution in [2.75, 3.05) is 0 Å². The minimum absolute atomic E-state index is 0.913. The molecule has 0 spiro atoms. The number of thiophene rings is 1. The predicted molar refractivity (Wildman–Crippen MR) is 216 cm³/mol. The van der Waals surface area contributed by atoms with Crippen LogP contribution in [-0.2, 0) is 0 Å². The van der Waals surface area contributed by atoms with Gasteiger partial charge in [-0.2, -0.15) is 0 Å². The van der Waals surface area contributed by atoms with Gasteiger partial charge in [-0.25, -0.2) is 4.98 Å². The number of hydrogen-bond acceptors (Lipinski definition) is 3. The van der Waals surface area contributed by atoms with E-state index in [1.54, 1.807) is 0 Å². The lowest BCUT2D eigenvalue weighted by Crippen LogP contribution is -1.93. The van der Waals surface area contributed by atoms with Gasteiger partial charge in [0.2, 0.25) is 0 Å². The second kappa shape index (κ2) is 10.0. The van der Waals surface area contributed by atoms with Crippen LogP contribution in [0, 0.1) is 0 Å². The second-order valence-corrected chi connectivity index (χ2v) is 14.6. The van der Waals surface area contributed by atoms with Gasteiger partial charge in [-0.3, -0.25) is 4.40 Å². The zero-order valence-corrected chi connectivity index (χ0v) is 28.0. The van der Waals surface area contributed by atoms with Crippen molar-refractivity contribution < 1.29 is 4.42 Å². The van der Waals surface area contributed by atoms with Gasteiger partial charge in [-0.1, -0.05) is 121 Å². The van der Waals surface area contributed by atoms with E-state index in [1.165, 1.54) is 52.5 Å². The summed E-state index contributed by atoms with van der Waals surface area (Å²) in [5, 5.41) is 12.2. The molecule has 0 unspecified atom stereocenters. The van der Waals surface area contributed by atoms with Gasteiger partial charge in [0.15, 0.2) is 5.65 Å². The van der Waals surface area contributed by atoms with Crippen molar-refractivity contribution in [3.8, 4) is 22.4 Å². The van der Waals surface area contributed by atoms with Crippen molar-refractivity contribution in [1.29, 1.82) is 0 Å². The van der Waals surface area contributed by atoms with E-state index in [-0.39, 0.29) is 0 Å². The molecular weight excluding hydrogens is 641 g/mol. The highest BCUT2D eigenvalue weighted by Crippen LogP contribution is 2.44. The highest BCUT2D eigenvalue weighted by atomic mass is 32.1. The van der Waals surface area contributed by atoms with Crippen LogP contribution in [-0.4, -0.2) is 9.38 Å². The minimum Gasteiger partial charge on any atom is -0.455 e. The van der Waals surface area contributed by atoms with Crippen molar-refractivity contribution in [3.63, 3.8) is 0 Å². The van der Waals surface area contributed by atoms with Crippen LogP contribution in [0.25, 0.3) is 113 Å². The number of fused-ring (bicyclic) bond motifs is 14. The normalized spacial score (nSPS) is 12.3. The summed E-state index contributed by atoms with van der Waals surface area (Å²) in [7, 11) is 0. The SMILES string of the molecule is c1ccc2cc3cc4c(cc3cc2c1)nc1c2sc3c5ccccc5ccc3c2cc(-c2ccc(-c3cccc5c3oc3ccccc35)cc2)n41. The number of benzene rings is 8. The summed E-state index contributed by atoms with van der Waals surface area (Å²) >= 11 is 1.85. The Kier molecular flexibility index (Phi) is 5.38. The fourth-order valence-electron chi connectivity index (χ4n) is 8.27. The quantitative estimate of drug-likeness (QED) is 0.172. The number of rotatable bonds is 2. The predicted octanol–water partition coefficient (Wildman–Crippen LogP) is 13.5. The van der Waals surface area contributed by atoms with Gasteiger partial charge in [-0.15, -0.1) is 11.3 Å². The van der Waals surface area contributed by atoms with E-state index in [2.05, 4.69) is 150 Å². The molecule has 0 saturated carbocycles. The summed E-state index contributed by atoms with van der Waals surface area (Å²) in [5.74, 6) is 0. The highest BCUT2D eigenvalue weighted by molar-refractivity contribution is 7.27. The number of para-hydroxylation sites is 2. The third kappa shape index (κ3) is 3.85. The third-order valence-electron chi connectivity index (χ3n) is 10.7. The van der Waals surface area contributed by atoms with E-state index in [0.717, 1.165) is 61.0 Å². The molecule has 8 aromatic carbocycles. The van der Waals surface area contributed by atoms with Crippen molar-refractivity contribution in [2.24, 2.45) is 0 Å². The molecule has 3 nitrogen and oxygen atoms in total. The maximum Gasteiger partial charge on any atom is 0.156 e.